The number of allylic oxidation sites excluding steroid dienone is 4. The predicted molar refractivity (Wildman–Crippen MR) is 48.3 cm³/mol. The molecule has 46 valence electrons. The first-order chi connectivity index (χ1) is 3.93. The quantitative estimate of drug-likeness (QED) is 0.491. The van der Waals surface area contributed by atoms with Crippen LogP contribution in [0, 0.1) is 0 Å². The fourth-order valence-corrected chi connectivity index (χ4v) is 0.998. The third kappa shape index (κ3) is 4.48. The molecule has 0 aliphatic heterocycles. The summed E-state index contributed by atoms with van der Waals surface area (Å²) in [5, 5.41) is 0. The molecule has 0 amide bonds. The Bertz CT molecular complexity index is 125. The van der Waals surface area contributed by atoms with Gasteiger partial charge in [-0.1, -0.05) is 37.1 Å². The Labute approximate surface area is 87.5 Å². The van der Waals surface area contributed by atoms with Crippen LogP contribution >= 0.6 is 0 Å². The van der Waals surface area contributed by atoms with Gasteiger partial charge in [-0.05, 0) is 12.8 Å². The van der Waals surface area contributed by atoms with Gasteiger partial charge >= 0.3 is 0 Å². The van der Waals surface area contributed by atoms with E-state index in [1.54, 1.807) is 5.57 Å². The van der Waals surface area contributed by atoms with Gasteiger partial charge in [-0.25, -0.2) is 0 Å². The minimum atomic E-state index is 0. The van der Waals surface area contributed by atoms with Crippen molar-refractivity contribution in [3.63, 3.8) is 0 Å². The first-order valence-corrected chi connectivity index (χ1v) is 3.28. The Morgan fingerprint density at radius 3 is 2.50 bits per heavy atom. The van der Waals surface area contributed by atoms with Gasteiger partial charge in [-0.3, -0.25) is 0 Å². The topological polar surface area (TPSA) is 0 Å². The Morgan fingerprint density at radius 2 is 2.10 bits per heavy atom. The van der Waals surface area contributed by atoms with Gasteiger partial charge in [0.1, 0.15) is 0 Å². The molecule has 0 N–H and O–H groups in total. The maximum atomic E-state index is 2.23. The summed E-state index contributed by atoms with van der Waals surface area (Å²) in [4.78, 5) is 0. The molecular formula is C8H12Li2. The second-order valence-corrected chi connectivity index (χ2v) is 2.21. The molecule has 0 unspecified atom stereocenters. The summed E-state index contributed by atoms with van der Waals surface area (Å²) >= 11 is 0. The summed E-state index contributed by atoms with van der Waals surface area (Å²) in [5.74, 6) is 0. The minimum absolute atomic E-state index is 0. The molecule has 0 bridgehead atoms. The third-order valence-electron chi connectivity index (χ3n) is 1.42. The second kappa shape index (κ2) is 7.78. The standard InChI is InChI=1S/C8H12.2Li/c1-2-5-8-6-3-4-7-8;;/h3-4,6H,2,5,7H2,1H3;;. The fraction of sp³-hybridized carbons (Fsp3) is 0.500. The van der Waals surface area contributed by atoms with Crippen LogP contribution in [0.1, 0.15) is 26.2 Å². The van der Waals surface area contributed by atoms with Gasteiger partial charge in [0.15, 0.2) is 0 Å². The Hall–Kier alpha value is 0.675. The van der Waals surface area contributed by atoms with Gasteiger partial charge in [0, 0.05) is 37.7 Å². The van der Waals surface area contributed by atoms with Crippen molar-refractivity contribution in [2.45, 2.75) is 26.2 Å². The maximum absolute atomic E-state index is 2.23. The maximum Gasteiger partial charge on any atom is 0 e. The average molecular weight is 122 g/mol. The van der Waals surface area contributed by atoms with Gasteiger partial charge in [0.25, 0.3) is 0 Å². The SMILES string of the molecule is CCCC1=CC=CC1.[Li].[Li]. The van der Waals surface area contributed by atoms with E-state index in [2.05, 4.69) is 25.2 Å². The monoisotopic (exact) mass is 122 g/mol. The van der Waals surface area contributed by atoms with Crippen molar-refractivity contribution in [2.24, 2.45) is 0 Å². The summed E-state index contributed by atoms with van der Waals surface area (Å²) in [6.45, 7) is 2.22. The van der Waals surface area contributed by atoms with Crippen molar-refractivity contribution in [1.29, 1.82) is 0 Å². The van der Waals surface area contributed by atoms with E-state index in [9.17, 15) is 0 Å². The van der Waals surface area contributed by atoms with Gasteiger partial charge in [-0.15, -0.1) is 0 Å². The Balaban J connectivity index is 0. The summed E-state index contributed by atoms with van der Waals surface area (Å²) in [6.07, 6.45) is 10.4. The molecule has 0 saturated carbocycles. The van der Waals surface area contributed by atoms with E-state index in [0.29, 0.717) is 0 Å². The molecule has 0 nitrogen and oxygen atoms in total. The van der Waals surface area contributed by atoms with Crippen molar-refractivity contribution in [1.82, 2.24) is 0 Å². The normalized spacial score (nSPS) is 13.5. The van der Waals surface area contributed by atoms with Crippen molar-refractivity contribution < 1.29 is 0 Å². The fourth-order valence-electron chi connectivity index (χ4n) is 0.998. The number of rotatable bonds is 2. The first-order valence-electron chi connectivity index (χ1n) is 3.28. The van der Waals surface area contributed by atoms with Crippen molar-refractivity contribution >= 4 is 37.7 Å². The van der Waals surface area contributed by atoms with Crippen LogP contribution in [0.25, 0.3) is 0 Å². The summed E-state index contributed by atoms with van der Waals surface area (Å²) in [6, 6.07) is 0. The van der Waals surface area contributed by atoms with Crippen molar-refractivity contribution in [2.75, 3.05) is 0 Å². The van der Waals surface area contributed by atoms with Gasteiger partial charge < -0.3 is 0 Å². The van der Waals surface area contributed by atoms with E-state index in [1.807, 2.05) is 0 Å². The van der Waals surface area contributed by atoms with Crippen LogP contribution in [0.15, 0.2) is 23.8 Å². The predicted octanol–water partition coefficient (Wildman–Crippen LogP) is 1.91. The zero-order valence-electron chi connectivity index (χ0n) is 7.35. The zero-order chi connectivity index (χ0) is 5.82. The molecule has 0 spiro atoms. The molecule has 2 heteroatoms. The zero-order valence-corrected chi connectivity index (χ0v) is 7.35. The molecular weight excluding hydrogens is 110 g/mol. The summed E-state index contributed by atoms with van der Waals surface area (Å²) in [7, 11) is 0. The van der Waals surface area contributed by atoms with Crippen LogP contribution in [-0.4, -0.2) is 37.7 Å². The third-order valence-corrected chi connectivity index (χ3v) is 1.42. The number of hydrogen-bond acceptors (Lipinski definition) is 0. The van der Waals surface area contributed by atoms with Crippen LogP contribution in [0.5, 0.6) is 0 Å². The smallest absolute Gasteiger partial charge is 0 e. The van der Waals surface area contributed by atoms with Crippen molar-refractivity contribution in [3.05, 3.63) is 23.8 Å². The van der Waals surface area contributed by atoms with Crippen LogP contribution < -0.4 is 0 Å². The van der Waals surface area contributed by atoms with E-state index < -0.39 is 0 Å². The first kappa shape index (κ1) is 13.3. The van der Waals surface area contributed by atoms with Gasteiger partial charge in [0.2, 0.25) is 0 Å². The van der Waals surface area contributed by atoms with Gasteiger partial charge in [-0.2, -0.15) is 0 Å². The molecule has 0 atom stereocenters. The van der Waals surface area contributed by atoms with Crippen LogP contribution in [0.2, 0.25) is 0 Å². The molecule has 0 saturated heterocycles. The van der Waals surface area contributed by atoms with E-state index in [0.717, 1.165) is 0 Å². The molecule has 1 aliphatic carbocycles. The molecule has 0 fully saturated rings. The molecule has 10 heavy (non-hydrogen) atoms. The van der Waals surface area contributed by atoms with Crippen LogP contribution in [-0.2, 0) is 0 Å². The molecule has 0 aromatic carbocycles. The van der Waals surface area contributed by atoms with E-state index >= 15 is 0 Å². The molecule has 0 aromatic rings. The van der Waals surface area contributed by atoms with Crippen LogP contribution in [0.3, 0.4) is 0 Å². The average Bonchev–Trinajstić information content (AvgIpc) is 2.19. The summed E-state index contributed by atoms with van der Waals surface area (Å²) < 4.78 is 0. The van der Waals surface area contributed by atoms with E-state index in [-0.39, 0.29) is 37.7 Å². The number of hydrogen-bond donors (Lipinski definition) is 0. The minimum Gasteiger partial charge on any atom is -0.0805 e. The van der Waals surface area contributed by atoms with Gasteiger partial charge in [0.05, 0.1) is 0 Å². The molecule has 1 aliphatic rings. The van der Waals surface area contributed by atoms with E-state index in [4.69, 9.17) is 0 Å². The molecule has 2 radical (unpaired) electrons. The Morgan fingerprint density at radius 1 is 1.40 bits per heavy atom. The molecule has 1 rings (SSSR count). The van der Waals surface area contributed by atoms with E-state index in [1.165, 1.54) is 19.3 Å². The molecule has 0 aromatic heterocycles. The largest absolute Gasteiger partial charge is 0.0805 e. The second-order valence-electron chi connectivity index (χ2n) is 2.21. The Kier molecular flexibility index (Phi) is 10.3. The van der Waals surface area contributed by atoms with Crippen molar-refractivity contribution in [3.8, 4) is 0 Å². The molecule has 0 heterocycles. The summed E-state index contributed by atoms with van der Waals surface area (Å²) in [5.41, 5.74) is 1.59. The van der Waals surface area contributed by atoms with Crippen LogP contribution in [0.4, 0.5) is 0 Å².